The van der Waals surface area contributed by atoms with Crippen molar-refractivity contribution in [3.05, 3.63) is 12.2 Å². The molecule has 0 aliphatic heterocycles. The van der Waals surface area contributed by atoms with E-state index in [9.17, 15) is 0 Å². The molecule has 0 saturated carbocycles. The Kier molecular flexibility index (Phi) is 11.5. The standard InChI is InChI=1S/C13H26/c1-3-5-7-9-11-13-12-10-8-6-4-2/h11,13H,3-10,12H2,1-2H3/b13-11+. The van der Waals surface area contributed by atoms with Gasteiger partial charge in [0.25, 0.3) is 0 Å². The number of allylic oxidation sites excluding steroid dienone is 2. The summed E-state index contributed by atoms with van der Waals surface area (Å²) in [5.41, 5.74) is 0. The van der Waals surface area contributed by atoms with Gasteiger partial charge in [0.1, 0.15) is 0 Å². The SMILES string of the molecule is CCCCC/C=C/CCCCCC. The Morgan fingerprint density at radius 2 is 1.08 bits per heavy atom. The molecule has 0 heterocycles. The van der Waals surface area contributed by atoms with Crippen molar-refractivity contribution in [3.63, 3.8) is 0 Å². The highest BCUT2D eigenvalue weighted by Crippen LogP contribution is 2.04. The van der Waals surface area contributed by atoms with E-state index in [-0.39, 0.29) is 0 Å². The van der Waals surface area contributed by atoms with Crippen molar-refractivity contribution in [1.29, 1.82) is 0 Å². The summed E-state index contributed by atoms with van der Waals surface area (Å²) in [6.45, 7) is 4.52. The van der Waals surface area contributed by atoms with Gasteiger partial charge in [0.05, 0.1) is 0 Å². The topological polar surface area (TPSA) is 0 Å². The quantitative estimate of drug-likeness (QED) is 0.344. The van der Waals surface area contributed by atoms with Crippen LogP contribution in [0.2, 0.25) is 0 Å². The molecule has 0 aliphatic carbocycles. The van der Waals surface area contributed by atoms with E-state index in [4.69, 9.17) is 0 Å². The van der Waals surface area contributed by atoms with E-state index in [1.54, 1.807) is 0 Å². The Hall–Kier alpha value is -0.260. The van der Waals surface area contributed by atoms with Crippen molar-refractivity contribution in [2.45, 2.75) is 71.6 Å². The van der Waals surface area contributed by atoms with E-state index in [1.807, 2.05) is 0 Å². The largest absolute Gasteiger partial charge is 0.0885 e. The Labute approximate surface area is 84.4 Å². The van der Waals surface area contributed by atoms with Crippen molar-refractivity contribution < 1.29 is 0 Å². The normalized spacial score (nSPS) is 11.2. The molecule has 13 heavy (non-hydrogen) atoms. The predicted molar refractivity (Wildman–Crippen MR) is 62.0 cm³/mol. The summed E-state index contributed by atoms with van der Waals surface area (Å²) < 4.78 is 0. The summed E-state index contributed by atoms with van der Waals surface area (Å²) in [7, 11) is 0. The van der Waals surface area contributed by atoms with Gasteiger partial charge in [-0.3, -0.25) is 0 Å². The first-order valence-electron chi connectivity index (χ1n) is 6.06. The number of unbranched alkanes of at least 4 members (excludes halogenated alkanes) is 7. The summed E-state index contributed by atoms with van der Waals surface area (Å²) in [5.74, 6) is 0. The van der Waals surface area contributed by atoms with E-state index >= 15 is 0 Å². The Morgan fingerprint density at radius 1 is 0.615 bits per heavy atom. The maximum absolute atomic E-state index is 2.37. The maximum Gasteiger partial charge on any atom is -0.0351 e. The van der Waals surface area contributed by atoms with Crippen molar-refractivity contribution >= 4 is 0 Å². The van der Waals surface area contributed by atoms with Crippen LogP contribution in [0, 0.1) is 0 Å². The molecule has 0 aromatic rings. The first-order valence-corrected chi connectivity index (χ1v) is 6.06. The molecule has 78 valence electrons. The lowest BCUT2D eigenvalue weighted by Gasteiger charge is -1.94. The second-order valence-corrected chi connectivity index (χ2v) is 3.82. The monoisotopic (exact) mass is 182 g/mol. The molecule has 0 aromatic heterocycles. The minimum absolute atomic E-state index is 1.29. The molecule has 0 saturated heterocycles. The van der Waals surface area contributed by atoms with Crippen LogP contribution in [0.3, 0.4) is 0 Å². The minimum atomic E-state index is 1.29. The molecule has 0 radical (unpaired) electrons. The van der Waals surface area contributed by atoms with Crippen LogP contribution in [0.15, 0.2) is 12.2 Å². The summed E-state index contributed by atoms with van der Waals surface area (Å²) in [5, 5.41) is 0. The zero-order chi connectivity index (χ0) is 9.78. The van der Waals surface area contributed by atoms with Crippen LogP contribution in [0.1, 0.15) is 71.6 Å². The highest BCUT2D eigenvalue weighted by Gasteiger charge is 1.84. The molecule has 0 fully saturated rings. The molecule has 0 atom stereocenters. The third-order valence-electron chi connectivity index (χ3n) is 2.37. The van der Waals surface area contributed by atoms with E-state index in [0.29, 0.717) is 0 Å². The van der Waals surface area contributed by atoms with Gasteiger partial charge in [0, 0.05) is 0 Å². The van der Waals surface area contributed by atoms with Gasteiger partial charge in [0.15, 0.2) is 0 Å². The average molecular weight is 182 g/mol. The van der Waals surface area contributed by atoms with E-state index in [0.717, 1.165) is 0 Å². The van der Waals surface area contributed by atoms with Gasteiger partial charge in [-0.2, -0.15) is 0 Å². The summed E-state index contributed by atoms with van der Waals surface area (Å²) in [6, 6.07) is 0. The van der Waals surface area contributed by atoms with Crippen molar-refractivity contribution in [3.8, 4) is 0 Å². The van der Waals surface area contributed by atoms with E-state index in [1.165, 1.54) is 57.8 Å². The summed E-state index contributed by atoms with van der Waals surface area (Å²) >= 11 is 0. The van der Waals surface area contributed by atoms with Crippen LogP contribution in [-0.2, 0) is 0 Å². The molecule has 0 N–H and O–H groups in total. The molecule has 0 bridgehead atoms. The molecule has 0 heteroatoms. The summed E-state index contributed by atoms with van der Waals surface area (Å²) in [6.07, 6.45) is 17.0. The van der Waals surface area contributed by atoms with E-state index < -0.39 is 0 Å². The minimum Gasteiger partial charge on any atom is -0.0885 e. The third-order valence-corrected chi connectivity index (χ3v) is 2.37. The van der Waals surface area contributed by atoms with Crippen molar-refractivity contribution in [2.75, 3.05) is 0 Å². The van der Waals surface area contributed by atoms with Crippen LogP contribution in [0.5, 0.6) is 0 Å². The smallest absolute Gasteiger partial charge is 0.0351 e. The first-order chi connectivity index (χ1) is 6.41. The molecular weight excluding hydrogens is 156 g/mol. The lowest BCUT2D eigenvalue weighted by atomic mass is 10.1. The Morgan fingerprint density at radius 3 is 1.62 bits per heavy atom. The molecule has 0 aliphatic rings. The Balaban J connectivity index is 2.95. The van der Waals surface area contributed by atoms with Crippen molar-refractivity contribution in [1.82, 2.24) is 0 Å². The van der Waals surface area contributed by atoms with Gasteiger partial charge in [0.2, 0.25) is 0 Å². The molecule has 0 amide bonds. The predicted octanol–water partition coefficient (Wildman–Crippen LogP) is 5.09. The van der Waals surface area contributed by atoms with Gasteiger partial charge in [-0.05, 0) is 25.7 Å². The van der Waals surface area contributed by atoms with Gasteiger partial charge in [-0.15, -0.1) is 0 Å². The first kappa shape index (κ1) is 12.7. The highest BCUT2D eigenvalue weighted by molar-refractivity contribution is 4.81. The van der Waals surface area contributed by atoms with Crippen LogP contribution < -0.4 is 0 Å². The number of hydrogen-bond acceptors (Lipinski definition) is 0. The fourth-order valence-corrected chi connectivity index (χ4v) is 1.44. The van der Waals surface area contributed by atoms with Crippen LogP contribution in [-0.4, -0.2) is 0 Å². The van der Waals surface area contributed by atoms with Crippen LogP contribution >= 0.6 is 0 Å². The molecule has 0 aromatic carbocycles. The molecular formula is C13H26. The highest BCUT2D eigenvalue weighted by atomic mass is 13.9. The maximum atomic E-state index is 2.37. The third kappa shape index (κ3) is 11.7. The zero-order valence-corrected chi connectivity index (χ0v) is 9.52. The van der Waals surface area contributed by atoms with Crippen molar-refractivity contribution in [2.24, 2.45) is 0 Å². The summed E-state index contributed by atoms with van der Waals surface area (Å²) in [4.78, 5) is 0. The van der Waals surface area contributed by atoms with Gasteiger partial charge in [-0.1, -0.05) is 58.1 Å². The van der Waals surface area contributed by atoms with Gasteiger partial charge < -0.3 is 0 Å². The average Bonchev–Trinajstić information content (AvgIpc) is 2.16. The molecule has 0 rings (SSSR count). The second-order valence-electron chi connectivity index (χ2n) is 3.82. The fourth-order valence-electron chi connectivity index (χ4n) is 1.44. The molecule has 0 spiro atoms. The number of rotatable bonds is 9. The second kappa shape index (κ2) is 11.7. The lowest BCUT2D eigenvalue weighted by molar-refractivity contribution is 0.672. The van der Waals surface area contributed by atoms with Gasteiger partial charge in [-0.25, -0.2) is 0 Å². The van der Waals surface area contributed by atoms with Crippen LogP contribution in [0.4, 0.5) is 0 Å². The molecule has 0 nitrogen and oxygen atoms in total. The van der Waals surface area contributed by atoms with Crippen LogP contribution in [0.25, 0.3) is 0 Å². The number of hydrogen-bond donors (Lipinski definition) is 0. The van der Waals surface area contributed by atoms with Gasteiger partial charge >= 0.3 is 0 Å². The Bertz CT molecular complexity index is 103. The fraction of sp³-hybridized carbons (Fsp3) is 0.846. The van der Waals surface area contributed by atoms with E-state index in [2.05, 4.69) is 26.0 Å². The zero-order valence-electron chi connectivity index (χ0n) is 9.52. The lowest BCUT2D eigenvalue weighted by Crippen LogP contribution is -1.74. The molecule has 0 unspecified atom stereocenters.